The highest BCUT2D eigenvalue weighted by atomic mass is 79.9. The zero-order chi connectivity index (χ0) is 20.5. The molecule has 1 aromatic carbocycles. The lowest BCUT2D eigenvalue weighted by Gasteiger charge is -2.27. The molecule has 1 heterocycles. The molecule has 152 valence electrons. The van der Waals surface area contributed by atoms with Crippen LogP contribution in [-0.2, 0) is 14.3 Å². The molecule has 7 nitrogen and oxygen atoms in total. The standard InChI is InChI=1S/C20H24BrNO6/c1-13(2)28-18(20(24)25)17(14-7-4-3-5-8-14)27-12-15(23)11-26-16-9-6-10-22-19(16)21/h3-10,13,15,17-18,23H,11-12H2,1-2H3,(H,24,25). The van der Waals surface area contributed by atoms with Gasteiger partial charge in [0.15, 0.2) is 11.9 Å². The molecule has 0 fully saturated rings. The second-order valence-electron chi connectivity index (χ2n) is 6.37. The summed E-state index contributed by atoms with van der Waals surface area (Å²) >= 11 is 3.27. The Morgan fingerprint density at radius 3 is 2.46 bits per heavy atom. The highest BCUT2D eigenvalue weighted by Crippen LogP contribution is 2.26. The third kappa shape index (κ3) is 6.87. The van der Waals surface area contributed by atoms with E-state index in [1.54, 1.807) is 56.4 Å². The lowest BCUT2D eigenvalue weighted by molar-refractivity contribution is -0.170. The molecule has 3 atom stereocenters. The van der Waals surface area contributed by atoms with E-state index < -0.39 is 24.3 Å². The number of halogens is 1. The molecule has 1 aromatic heterocycles. The molecule has 0 aliphatic rings. The maximum atomic E-state index is 11.7. The average Bonchev–Trinajstić information content (AvgIpc) is 2.67. The second-order valence-corrected chi connectivity index (χ2v) is 7.12. The molecule has 0 saturated heterocycles. The average molecular weight is 454 g/mol. The molecule has 3 unspecified atom stereocenters. The number of ether oxygens (including phenoxy) is 3. The number of aromatic nitrogens is 1. The van der Waals surface area contributed by atoms with Crippen molar-refractivity contribution < 1.29 is 29.2 Å². The van der Waals surface area contributed by atoms with E-state index in [2.05, 4.69) is 20.9 Å². The van der Waals surface area contributed by atoms with Gasteiger partial charge in [-0.1, -0.05) is 30.3 Å². The number of carboxylic acids is 1. The summed E-state index contributed by atoms with van der Waals surface area (Å²) in [4.78, 5) is 15.8. The number of hydrogen-bond donors (Lipinski definition) is 2. The zero-order valence-corrected chi connectivity index (χ0v) is 17.3. The molecule has 28 heavy (non-hydrogen) atoms. The summed E-state index contributed by atoms with van der Waals surface area (Å²) in [5.74, 6) is -0.639. The summed E-state index contributed by atoms with van der Waals surface area (Å²) in [6.07, 6.45) is -1.73. The first-order chi connectivity index (χ1) is 13.4. The number of nitrogens with zero attached hydrogens (tertiary/aromatic N) is 1. The van der Waals surface area contributed by atoms with Crippen molar-refractivity contribution in [1.29, 1.82) is 0 Å². The van der Waals surface area contributed by atoms with Crippen LogP contribution in [0.25, 0.3) is 0 Å². The van der Waals surface area contributed by atoms with E-state index in [-0.39, 0.29) is 19.3 Å². The Morgan fingerprint density at radius 1 is 1.14 bits per heavy atom. The number of pyridine rings is 1. The summed E-state index contributed by atoms with van der Waals surface area (Å²) in [6.45, 7) is 3.36. The van der Waals surface area contributed by atoms with Crippen molar-refractivity contribution in [2.24, 2.45) is 0 Å². The minimum absolute atomic E-state index is 0.0332. The summed E-state index contributed by atoms with van der Waals surface area (Å²) in [7, 11) is 0. The molecule has 2 N–H and O–H groups in total. The number of carboxylic acid groups (broad SMARTS) is 1. The van der Waals surface area contributed by atoms with Crippen molar-refractivity contribution in [3.8, 4) is 5.75 Å². The Balaban J connectivity index is 2.03. The molecular formula is C20H24BrNO6. The van der Waals surface area contributed by atoms with Crippen molar-refractivity contribution in [3.63, 3.8) is 0 Å². The number of benzene rings is 1. The number of aliphatic carboxylic acids is 1. The minimum atomic E-state index is -1.21. The quantitative estimate of drug-likeness (QED) is 0.503. The highest BCUT2D eigenvalue weighted by Gasteiger charge is 2.32. The Kier molecular flexibility index (Phi) is 8.85. The molecular weight excluding hydrogens is 430 g/mol. The SMILES string of the molecule is CC(C)OC(C(=O)O)C(OCC(O)COc1cccnc1Br)c1ccccc1. The highest BCUT2D eigenvalue weighted by molar-refractivity contribution is 9.10. The van der Waals surface area contributed by atoms with Crippen molar-refractivity contribution in [2.45, 2.75) is 38.3 Å². The molecule has 2 aromatic rings. The second kappa shape index (κ2) is 11.1. The molecule has 0 aliphatic carbocycles. The fraction of sp³-hybridized carbons (Fsp3) is 0.400. The van der Waals surface area contributed by atoms with Gasteiger partial charge in [-0.25, -0.2) is 9.78 Å². The molecule has 0 bridgehead atoms. The molecule has 0 amide bonds. The van der Waals surface area contributed by atoms with Gasteiger partial charge in [-0.15, -0.1) is 0 Å². The van der Waals surface area contributed by atoms with Gasteiger partial charge >= 0.3 is 5.97 Å². The summed E-state index contributed by atoms with van der Waals surface area (Å²) in [5.41, 5.74) is 0.652. The van der Waals surface area contributed by atoms with Gasteiger partial charge in [-0.2, -0.15) is 0 Å². The predicted octanol–water partition coefficient (Wildman–Crippen LogP) is 3.22. The molecule has 2 rings (SSSR count). The first-order valence-electron chi connectivity index (χ1n) is 8.84. The lowest BCUT2D eigenvalue weighted by atomic mass is 10.0. The van der Waals surface area contributed by atoms with Gasteiger partial charge in [0.25, 0.3) is 0 Å². The van der Waals surface area contributed by atoms with E-state index >= 15 is 0 Å². The first-order valence-corrected chi connectivity index (χ1v) is 9.64. The van der Waals surface area contributed by atoms with Crippen LogP contribution in [0.5, 0.6) is 5.75 Å². The third-order valence-electron chi connectivity index (χ3n) is 3.69. The molecule has 8 heteroatoms. The largest absolute Gasteiger partial charge is 0.488 e. The molecule has 0 spiro atoms. The maximum Gasteiger partial charge on any atom is 0.335 e. The van der Waals surface area contributed by atoms with Crippen molar-refractivity contribution in [1.82, 2.24) is 4.98 Å². The van der Waals surface area contributed by atoms with E-state index in [1.807, 2.05) is 6.07 Å². The fourth-order valence-electron chi connectivity index (χ4n) is 2.48. The van der Waals surface area contributed by atoms with Gasteiger partial charge in [0, 0.05) is 6.20 Å². The van der Waals surface area contributed by atoms with Crippen LogP contribution in [0.1, 0.15) is 25.5 Å². The van der Waals surface area contributed by atoms with Crippen LogP contribution in [0.2, 0.25) is 0 Å². The van der Waals surface area contributed by atoms with Crippen molar-refractivity contribution in [2.75, 3.05) is 13.2 Å². The van der Waals surface area contributed by atoms with Crippen LogP contribution in [0.3, 0.4) is 0 Å². The summed E-state index contributed by atoms with van der Waals surface area (Å²) in [5, 5.41) is 19.8. The number of aliphatic hydroxyl groups excluding tert-OH is 1. The number of hydrogen-bond acceptors (Lipinski definition) is 6. The van der Waals surface area contributed by atoms with E-state index in [4.69, 9.17) is 14.2 Å². The predicted molar refractivity (Wildman–Crippen MR) is 106 cm³/mol. The normalized spacial score (nSPS) is 14.5. The van der Waals surface area contributed by atoms with Gasteiger partial charge in [0.1, 0.15) is 23.4 Å². The van der Waals surface area contributed by atoms with Crippen molar-refractivity contribution in [3.05, 3.63) is 58.8 Å². The van der Waals surface area contributed by atoms with E-state index in [0.29, 0.717) is 15.9 Å². The number of carbonyl (C=O) groups is 1. The van der Waals surface area contributed by atoms with Gasteiger partial charge in [0.2, 0.25) is 0 Å². The van der Waals surface area contributed by atoms with Crippen molar-refractivity contribution >= 4 is 21.9 Å². The van der Waals surface area contributed by atoms with Crippen LogP contribution in [0.4, 0.5) is 0 Å². The smallest absolute Gasteiger partial charge is 0.335 e. The third-order valence-corrected chi connectivity index (χ3v) is 4.29. The lowest BCUT2D eigenvalue weighted by Crippen LogP contribution is -2.36. The monoisotopic (exact) mass is 453 g/mol. The van der Waals surface area contributed by atoms with Crippen LogP contribution in [-0.4, -0.2) is 52.7 Å². The Morgan fingerprint density at radius 2 is 1.86 bits per heavy atom. The summed E-state index contributed by atoms with van der Waals surface area (Å²) < 4.78 is 17.4. The first kappa shape index (κ1) is 22.3. The van der Waals surface area contributed by atoms with Gasteiger partial charge in [-0.05, 0) is 47.5 Å². The molecule has 0 aliphatic heterocycles. The molecule has 0 saturated carbocycles. The van der Waals surface area contributed by atoms with E-state index in [9.17, 15) is 15.0 Å². The van der Waals surface area contributed by atoms with Crippen LogP contribution in [0.15, 0.2) is 53.3 Å². The van der Waals surface area contributed by atoms with E-state index in [1.165, 1.54) is 0 Å². The number of rotatable bonds is 11. The van der Waals surface area contributed by atoms with E-state index in [0.717, 1.165) is 0 Å². The zero-order valence-electron chi connectivity index (χ0n) is 15.7. The Bertz CT molecular complexity index is 742. The molecule has 0 radical (unpaired) electrons. The number of aliphatic hydroxyl groups is 1. The topological polar surface area (TPSA) is 98.1 Å². The Hall–Kier alpha value is -2.00. The van der Waals surface area contributed by atoms with Gasteiger partial charge in [-0.3, -0.25) is 0 Å². The fourth-order valence-corrected chi connectivity index (χ4v) is 2.85. The van der Waals surface area contributed by atoms with Gasteiger partial charge in [0.05, 0.1) is 12.7 Å². The van der Waals surface area contributed by atoms with Crippen LogP contribution in [0, 0.1) is 0 Å². The summed E-state index contributed by atoms with van der Waals surface area (Å²) in [6, 6.07) is 12.4. The van der Waals surface area contributed by atoms with Gasteiger partial charge < -0.3 is 24.4 Å². The van der Waals surface area contributed by atoms with Crippen LogP contribution >= 0.6 is 15.9 Å². The van der Waals surface area contributed by atoms with Crippen LogP contribution < -0.4 is 4.74 Å². The maximum absolute atomic E-state index is 11.7. The minimum Gasteiger partial charge on any atom is -0.488 e. The Labute approximate surface area is 172 Å².